The highest BCUT2D eigenvalue weighted by Gasteiger charge is 2.07. The monoisotopic (exact) mass is 385 g/mol. The lowest BCUT2D eigenvalue weighted by Gasteiger charge is -2.08. The maximum atomic E-state index is 5.27. The third-order valence-corrected chi connectivity index (χ3v) is 4.82. The summed E-state index contributed by atoms with van der Waals surface area (Å²) >= 11 is 0. The molecule has 2 aromatic carbocycles. The van der Waals surface area contributed by atoms with Crippen molar-refractivity contribution in [2.75, 3.05) is 7.11 Å². The highest BCUT2D eigenvalue weighted by Crippen LogP contribution is 2.24. The van der Waals surface area contributed by atoms with E-state index in [4.69, 9.17) is 19.7 Å². The molecule has 4 nitrogen and oxygen atoms in total. The van der Waals surface area contributed by atoms with E-state index in [9.17, 15) is 0 Å². The minimum atomic E-state index is 0.831. The molecule has 1 aromatic heterocycles. The number of pyridine rings is 1. The fraction of sp³-hybridized carbons (Fsp3) is 0.240. The fourth-order valence-electron chi connectivity index (χ4n) is 3.12. The van der Waals surface area contributed by atoms with Crippen molar-refractivity contribution in [2.24, 2.45) is 9.98 Å². The van der Waals surface area contributed by atoms with Crippen LogP contribution in [0.5, 0.6) is 5.75 Å². The zero-order valence-electron chi connectivity index (χ0n) is 17.9. The third kappa shape index (κ3) is 4.96. The van der Waals surface area contributed by atoms with Gasteiger partial charge in [0.2, 0.25) is 0 Å². The second-order valence-corrected chi connectivity index (χ2v) is 7.24. The lowest BCUT2D eigenvalue weighted by atomic mass is 10.1. The Balaban J connectivity index is 1.91. The van der Waals surface area contributed by atoms with Crippen LogP contribution in [0.1, 0.15) is 41.9 Å². The molecule has 3 rings (SSSR count). The van der Waals surface area contributed by atoms with E-state index < -0.39 is 0 Å². The quantitative estimate of drug-likeness (QED) is 0.484. The van der Waals surface area contributed by atoms with Gasteiger partial charge in [-0.15, -0.1) is 0 Å². The van der Waals surface area contributed by atoms with Gasteiger partial charge in [0.05, 0.1) is 41.3 Å². The van der Waals surface area contributed by atoms with Gasteiger partial charge in [-0.25, -0.2) is 4.98 Å². The Kier molecular flexibility index (Phi) is 6.23. The SMILES string of the molecule is COc1ccc(N=C(C)c2cccc(C(C)=Nc3ccc(C)cc3C)n2)c(C)c1. The molecule has 0 aliphatic heterocycles. The highest BCUT2D eigenvalue weighted by atomic mass is 16.5. The van der Waals surface area contributed by atoms with Crippen LogP contribution in [0.25, 0.3) is 0 Å². The smallest absolute Gasteiger partial charge is 0.119 e. The molecular weight excluding hydrogens is 358 g/mol. The van der Waals surface area contributed by atoms with Crippen LogP contribution >= 0.6 is 0 Å². The summed E-state index contributed by atoms with van der Waals surface area (Å²) in [6.45, 7) is 10.2. The molecule has 0 bridgehead atoms. The lowest BCUT2D eigenvalue weighted by molar-refractivity contribution is 0.414. The van der Waals surface area contributed by atoms with Crippen molar-refractivity contribution in [3.05, 3.63) is 82.7 Å². The second kappa shape index (κ2) is 8.82. The van der Waals surface area contributed by atoms with Crippen molar-refractivity contribution < 1.29 is 4.74 Å². The van der Waals surface area contributed by atoms with Gasteiger partial charge in [-0.05, 0) is 82.1 Å². The van der Waals surface area contributed by atoms with E-state index in [-0.39, 0.29) is 0 Å². The van der Waals surface area contributed by atoms with Crippen LogP contribution in [0, 0.1) is 20.8 Å². The largest absolute Gasteiger partial charge is 0.497 e. The minimum absolute atomic E-state index is 0.831. The molecule has 0 radical (unpaired) electrons. The third-order valence-electron chi connectivity index (χ3n) is 4.82. The van der Waals surface area contributed by atoms with Crippen molar-refractivity contribution in [1.29, 1.82) is 0 Å². The van der Waals surface area contributed by atoms with Gasteiger partial charge in [0.1, 0.15) is 5.75 Å². The average molecular weight is 386 g/mol. The molecule has 0 atom stereocenters. The summed E-state index contributed by atoms with van der Waals surface area (Å²) in [6, 6.07) is 18.1. The predicted octanol–water partition coefficient (Wildman–Crippen LogP) is 6.30. The summed E-state index contributed by atoms with van der Waals surface area (Å²) in [5.41, 5.74) is 8.78. The molecule has 0 saturated heterocycles. The molecule has 0 aliphatic rings. The first kappa shape index (κ1) is 20.5. The molecule has 0 spiro atoms. The van der Waals surface area contributed by atoms with Crippen LogP contribution in [0.4, 0.5) is 11.4 Å². The standard InChI is InChI=1S/C25H27N3O/c1-16-10-12-22(17(2)14-16)26-19(4)24-8-7-9-25(28-24)20(5)27-23-13-11-21(29-6)15-18(23)3/h7-15H,1-6H3. The minimum Gasteiger partial charge on any atom is -0.497 e. The predicted molar refractivity (Wildman–Crippen MR) is 122 cm³/mol. The molecule has 148 valence electrons. The summed E-state index contributed by atoms with van der Waals surface area (Å²) < 4.78 is 5.27. The molecule has 0 N–H and O–H groups in total. The van der Waals surface area contributed by atoms with Gasteiger partial charge in [-0.3, -0.25) is 9.98 Å². The van der Waals surface area contributed by atoms with Crippen molar-refractivity contribution in [3.8, 4) is 5.75 Å². The summed E-state index contributed by atoms with van der Waals surface area (Å²) in [7, 11) is 1.67. The van der Waals surface area contributed by atoms with E-state index >= 15 is 0 Å². The van der Waals surface area contributed by atoms with Crippen molar-refractivity contribution >= 4 is 22.8 Å². The van der Waals surface area contributed by atoms with Crippen LogP contribution in [-0.2, 0) is 0 Å². The molecule has 0 fully saturated rings. The van der Waals surface area contributed by atoms with E-state index in [0.29, 0.717) is 0 Å². The molecule has 1 heterocycles. The van der Waals surface area contributed by atoms with Crippen molar-refractivity contribution in [2.45, 2.75) is 34.6 Å². The number of hydrogen-bond acceptors (Lipinski definition) is 4. The maximum absolute atomic E-state index is 5.27. The van der Waals surface area contributed by atoms with Gasteiger partial charge < -0.3 is 4.74 Å². The van der Waals surface area contributed by atoms with Gasteiger partial charge in [0.25, 0.3) is 0 Å². The Morgan fingerprint density at radius 1 is 0.759 bits per heavy atom. The number of aromatic nitrogens is 1. The zero-order valence-corrected chi connectivity index (χ0v) is 17.9. The van der Waals surface area contributed by atoms with Crippen LogP contribution < -0.4 is 4.74 Å². The molecule has 4 heteroatoms. The average Bonchev–Trinajstić information content (AvgIpc) is 2.71. The first-order chi connectivity index (χ1) is 13.9. The van der Waals surface area contributed by atoms with E-state index in [0.717, 1.165) is 51.1 Å². The first-order valence-corrected chi connectivity index (χ1v) is 9.67. The Morgan fingerprint density at radius 3 is 1.83 bits per heavy atom. The molecule has 29 heavy (non-hydrogen) atoms. The van der Waals surface area contributed by atoms with Crippen LogP contribution in [0.3, 0.4) is 0 Å². The van der Waals surface area contributed by atoms with E-state index in [1.807, 2.05) is 57.2 Å². The molecule has 3 aromatic rings. The summed E-state index contributed by atoms with van der Waals surface area (Å²) in [6.07, 6.45) is 0. The number of nitrogens with zero attached hydrogens (tertiary/aromatic N) is 3. The lowest BCUT2D eigenvalue weighted by Crippen LogP contribution is -2.05. The number of aryl methyl sites for hydroxylation is 3. The zero-order chi connectivity index (χ0) is 21.0. The Hall–Kier alpha value is -3.27. The van der Waals surface area contributed by atoms with Gasteiger partial charge in [0.15, 0.2) is 0 Å². The van der Waals surface area contributed by atoms with Crippen molar-refractivity contribution in [3.63, 3.8) is 0 Å². The molecule has 0 aliphatic carbocycles. The number of aliphatic imine (C=N–C) groups is 2. The van der Waals surface area contributed by atoms with E-state index in [2.05, 4.69) is 32.0 Å². The number of ether oxygens (including phenoxy) is 1. The van der Waals surface area contributed by atoms with E-state index in [1.54, 1.807) is 7.11 Å². The van der Waals surface area contributed by atoms with Crippen LogP contribution in [0.15, 0.2) is 64.6 Å². The topological polar surface area (TPSA) is 46.8 Å². The van der Waals surface area contributed by atoms with Crippen LogP contribution in [0.2, 0.25) is 0 Å². The van der Waals surface area contributed by atoms with Gasteiger partial charge in [0, 0.05) is 0 Å². The van der Waals surface area contributed by atoms with Crippen molar-refractivity contribution in [1.82, 2.24) is 4.98 Å². The van der Waals surface area contributed by atoms with Gasteiger partial charge >= 0.3 is 0 Å². The Morgan fingerprint density at radius 2 is 1.31 bits per heavy atom. The van der Waals surface area contributed by atoms with Gasteiger partial charge in [-0.1, -0.05) is 23.8 Å². The first-order valence-electron chi connectivity index (χ1n) is 9.67. The Bertz CT molecular complexity index is 1100. The maximum Gasteiger partial charge on any atom is 0.119 e. The molecule has 0 unspecified atom stereocenters. The van der Waals surface area contributed by atoms with Crippen LogP contribution in [-0.4, -0.2) is 23.5 Å². The number of rotatable bonds is 5. The second-order valence-electron chi connectivity index (χ2n) is 7.24. The number of methoxy groups -OCH3 is 1. The fourth-order valence-corrected chi connectivity index (χ4v) is 3.12. The van der Waals surface area contributed by atoms with Gasteiger partial charge in [-0.2, -0.15) is 0 Å². The molecular formula is C25H27N3O. The summed E-state index contributed by atoms with van der Waals surface area (Å²) in [5, 5.41) is 0. The highest BCUT2D eigenvalue weighted by molar-refractivity contribution is 6.02. The molecule has 0 saturated carbocycles. The molecule has 0 amide bonds. The summed E-state index contributed by atoms with van der Waals surface area (Å²) in [4.78, 5) is 14.3. The number of benzene rings is 2. The summed E-state index contributed by atoms with van der Waals surface area (Å²) in [5.74, 6) is 0.831. The van der Waals surface area contributed by atoms with E-state index in [1.165, 1.54) is 5.56 Å². The number of hydrogen-bond donors (Lipinski definition) is 0. The Labute approximate surface area is 173 Å². The normalized spacial score (nSPS) is 12.2.